The molecule has 1 aromatic rings. The summed E-state index contributed by atoms with van der Waals surface area (Å²) in [6.45, 7) is 12.5. The molecule has 0 aliphatic rings. The van der Waals surface area contributed by atoms with Crippen LogP contribution in [0.1, 0.15) is 59.1 Å². The van der Waals surface area contributed by atoms with Crippen molar-refractivity contribution < 1.29 is 0 Å². The molecule has 0 spiro atoms. The summed E-state index contributed by atoms with van der Waals surface area (Å²) in [6, 6.07) is 7.65. The third-order valence-corrected chi connectivity index (χ3v) is 4.64. The number of hydrogen-bond donors (Lipinski definition) is 1. The number of halogens is 1. The topological polar surface area (TPSA) is 15.3 Å². The van der Waals surface area contributed by atoms with Gasteiger partial charge in [-0.1, -0.05) is 43.6 Å². The third kappa shape index (κ3) is 5.00. The van der Waals surface area contributed by atoms with Crippen molar-refractivity contribution >= 4 is 21.6 Å². The van der Waals surface area contributed by atoms with Gasteiger partial charge in [0.25, 0.3) is 0 Å². The summed E-state index contributed by atoms with van der Waals surface area (Å²) >= 11 is 3.62. The second-order valence-electron chi connectivity index (χ2n) is 6.23. The van der Waals surface area contributed by atoms with Gasteiger partial charge >= 0.3 is 0 Å². The highest BCUT2D eigenvalue weighted by Crippen LogP contribution is 2.32. The van der Waals surface area contributed by atoms with Gasteiger partial charge in [0.05, 0.1) is 0 Å². The van der Waals surface area contributed by atoms with Crippen LogP contribution in [0.25, 0.3) is 0 Å². The van der Waals surface area contributed by atoms with Crippen LogP contribution in [0.3, 0.4) is 0 Å². The van der Waals surface area contributed by atoms with E-state index in [1.165, 1.54) is 24.1 Å². The van der Waals surface area contributed by atoms with E-state index in [9.17, 15) is 0 Å². The zero-order valence-electron chi connectivity index (χ0n) is 14.4. The highest BCUT2D eigenvalue weighted by atomic mass is 79.9. The fourth-order valence-corrected chi connectivity index (χ4v) is 3.24. The predicted octanol–water partition coefficient (Wildman–Crippen LogP) is 5.38. The normalized spacial score (nSPS) is 13.0. The summed E-state index contributed by atoms with van der Waals surface area (Å²) in [6.07, 6.45) is 2.37. The molecule has 0 heterocycles. The van der Waals surface area contributed by atoms with Crippen molar-refractivity contribution in [1.29, 1.82) is 0 Å². The van der Waals surface area contributed by atoms with E-state index in [2.05, 4.69) is 79.0 Å². The van der Waals surface area contributed by atoms with Gasteiger partial charge in [-0.2, -0.15) is 0 Å². The van der Waals surface area contributed by atoms with E-state index in [-0.39, 0.29) is 0 Å². The first-order chi connectivity index (χ1) is 9.94. The van der Waals surface area contributed by atoms with E-state index in [0.717, 1.165) is 11.0 Å². The maximum atomic E-state index is 3.62. The molecule has 1 aromatic carbocycles. The summed E-state index contributed by atoms with van der Waals surface area (Å²) in [5.41, 5.74) is 2.75. The van der Waals surface area contributed by atoms with Crippen LogP contribution in [-0.4, -0.2) is 19.6 Å². The Hall–Kier alpha value is -0.540. The summed E-state index contributed by atoms with van der Waals surface area (Å²) < 4.78 is 1.15. The molecule has 21 heavy (non-hydrogen) atoms. The number of anilines is 1. The number of nitrogens with one attached hydrogen (secondary N) is 1. The largest absolute Gasteiger partial charge is 0.368 e. The summed E-state index contributed by atoms with van der Waals surface area (Å²) in [5.74, 6) is 0.659. The van der Waals surface area contributed by atoms with E-state index < -0.39 is 0 Å². The number of benzene rings is 1. The van der Waals surface area contributed by atoms with Crippen molar-refractivity contribution in [3.63, 3.8) is 0 Å². The molecule has 1 unspecified atom stereocenters. The molecule has 0 aliphatic heterocycles. The van der Waals surface area contributed by atoms with Crippen molar-refractivity contribution in [1.82, 2.24) is 5.32 Å². The lowest BCUT2D eigenvalue weighted by Crippen LogP contribution is -2.38. The first kappa shape index (κ1) is 18.5. The molecule has 0 saturated heterocycles. The molecule has 3 heteroatoms. The number of hydrogen-bond acceptors (Lipinski definition) is 2. The highest BCUT2D eigenvalue weighted by Gasteiger charge is 2.21. The van der Waals surface area contributed by atoms with E-state index in [1.54, 1.807) is 0 Å². The van der Waals surface area contributed by atoms with Crippen LogP contribution in [0.15, 0.2) is 22.7 Å². The van der Waals surface area contributed by atoms with Crippen LogP contribution in [0.2, 0.25) is 0 Å². The van der Waals surface area contributed by atoms with Gasteiger partial charge in [0.1, 0.15) is 0 Å². The fraction of sp³-hybridized carbons (Fsp3) is 0.667. The first-order valence-corrected chi connectivity index (χ1v) is 8.97. The summed E-state index contributed by atoms with van der Waals surface area (Å²) in [4.78, 5) is 2.61. The van der Waals surface area contributed by atoms with Gasteiger partial charge in [0.15, 0.2) is 0 Å². The maximum Gasteiger partial charge on any atom is 0.0417 e. The molecular weight excluding hydrogens is 324 g/mol. The molecular formula is C18H31BrN2. The third-order valence-electron chi connectivity index (χ3n) is 4.14. The van der Waals surface area contributed by atoms with Gasteiger partial charge in [-0.3, -0.25) is 0 Å². The van der Waals surface area contributed by atoms with E-state index in [1.807, 2.05) is 7.05 Å². The van der Waals surface area contributed by atoms with Gasteiger partial charge in [-0.15, -0.1) is 0 Å². The molecule has 1 rings (SSSR count). The number of nitrogens with zero attached hydrogens (tertiary/aromatic N) is 1. The van der Waals surface area contributed by atoms with Gasteiger partial charge in [0.2, 0.25) is 0 Å². The molecule has 0 amide bonds. The van der Waals surface area contributed by atoms with Gasteiger partial charge in [-0.25, -0.2) is 0 Å². The molecule has 0 aromatic heterocycles. The Labute approximate surface area is 139 Å². The molecule has 0 bridgehead atoms. The molecule has 1 N–H and O–H groups in total. The van der Waals surface area contributed by atoms with Crippen molar-refractivity contribution in [2.75, 3.05) is 18.5 Å². The average molecular weight is 355 g/mol. The minimum atomic E-state index is 0.349. The van der Waals surface area contributed by atoms with Crippen LogP contribution in [0, 0.1) is 5.92 Å². The quantitative estimate of drug-likeness (QED) is 0.673. The zero-order chi connectivity index (χ0) is 16.0. The van der Waals surface area contributed by atoms with Crippen LogP contribution < -0.4 is 10.2 Å². The summed E-state index contributed by atoms with van der Waals surface area (Å²) in [7, 11) is 2.03. The van der Waals surface area contributed by atoms with Gasteiger partial charge in [0, 0.05) is 28.8 Å². The fourth-order valence-electron chi connectivity index (χ4n) is 2.86. The Balaban J connectivity index is 3.28. The Morgan fingerprint density at radius 1 is 1.14 bits per heavy atom. The van der Waals surface area contributed by atoms with Crippen molar-refractivity contribution in [2.45, 2.75) is 59.5 Å². The second kappa shape index (κ2) is 8.79. The van der Waals surface area contributed by atoms with E-state index in [4.69, 9.17) is 0 Å². The van der Waals surface area contributed by atoms with Crippen LogP contribution in [-0.2, 0) is 0 Å². The SMILES string of the molecule is CCC(CC)N(CC(C)C)c1ccc(Br)cc1C(C)NC. The molecule has 0 aliphatic carbocycles. The van der Waals surface area contributed by atoms with E-state index in [0.29, 0.717) is 18.0 Å². The minimum Gasteiger partial charge on any atom is -0.368 e. The Morgan fingerprint density at radius 2 is 1.76 bits per heavy atom. The minimum absolute atomic E-state index is 0.349. The van der Waals surface area contributed by atoms with Gasteiger partial charge in [-0.05, 0) is 56.5 Å². The molecule has 120 valence electrons. The standard InChI is InChI=1S/C18H31BrN2/c1-7-16(8-2)21(12-13(3)4)18-10-9-15(19)11-17(18)14(5)20-6/h9-11,13-14,16,20H,7-8,12H2,1-6H3. The lowest BCUT2D eigenvalue weighted by atomic mass is 10.0. The lowest BCUT2D eigenvalue weighted by Gasteiger charge is -2.36. The zero-order valence-corrected chi connectivity index (χ0v) is 16.0. The van der Waals surface area contributed by atoms with Crippen LogP contribution >= 0.6 is 15.9 Å². The van der Waals surface area contributed by atoms with Crippen LogP contribution in [0.4, 0.5) is 5.69 Å². The smallest absolute Gasteiger partial charge is 0.0417 e. The van der Waals surface area contributed by atoms with Crippen molar-refractivity contribution in [3.8, 4) is 0 Å². The molecule has 0 saturated carbocycles. The first-order valence-electron chi connectivity index (χ1n) is 8.17. The highest BCUT2D eigenvalue weighted by molar-refractivity contribution is 9.10. The van der Waals surface area contributed by atoms with Crippen LogP contribution in [0.5, 0.6) is 0 Å². The second-order valence-corrected chi connectivity index (χ2v) is 7.15. The predicted molar refractivity (Wildman–Crippen MR) is 98.2 cm³/mol. The average Bonchev–Trinajstić information content (AvgIpc) is 2.46. The Morgan fingerprint density at radius 3 is 2.24 bits per heavy atom. The van der Waals surface area contributed by atoms with Gasteiger partial charge < -0.3 is 10.2 Å². The molecule has 0 radical (unpaired) electrons. The van der Waals surface area contributed by atoms with E-state index >= 15 is 0 Å². The lowest BCUT2D eigenvalue weighted by molar-refractivity contribution is 0.503. The number of rotatable bonds is 8. The maximum absolute atomic E-state index is 3.62. The molecule has 1 atom stereocenters. The molecule has 2 nitrogen and oxygen atoms in total. The molecule has 0 fully saturated rings. The Bertz CT molecular complexity index is 427. The van der Waals surface area contributed by atoms with Crippen molar-refractivity contribution in [3.05, 3.63) is 28.2 Å². The Kier molecular flexibility index (Phi) is 7.75. The summed E-state index contributed by atoms with van der Waals surface area (Å²) in [5, 5.41) is 3.38. The van der Waals surface area contributed by atoms with Crippen molar-refractivity contribution in [2.24, 2.45) is 5.92 Å². The monoisotopic (exact) mass is 354 g/mol.